The maximum Gasteiger partial charge on any atom is 0.231 e. The van der Waals surface area contributed by atoms with E-state index in [1.54, 1.807) is 31.3 Å². The van der Waals surface area contributed by atoms with Crippen LogP contribution in [0, 0.1) is 5.92 Å². The molecule has 0 saturated heterocycles. The lowest BCUT2D eigenvalue weighted by Crippen LogP contribution is -2.53. The minimum atomic E-state index is -2.04. The van der Waals surface area contributed by atoms with Gasteiger partial charge in [0, 0.05) is 61.2 Å². The number of halogens is 1. The molecule has 1 spiro atoms. The quantitative estimate of drug-likeness (QED) is 0.265. The second-order valence-corrected chi connectivity index (χ2v) is 11.8. The molecule has 254 valence electrons. The van der Waals surface area contributed by atoms with Gasteiger partial charge in [0.05, 0.1) is 35.5 Å². The van der Waals surface area contributed by atoms with Crippen LogP contribution in [0.4, 0.5) is 0 Å². The highest BCUT2D eigenvalue weighted by Gasteiger charge is 2.61. The van der Waals surface area contributed by atoms with Crippen LogP contribution in [0.2, 0.25) is 5.02 Å². The molecule has 1 unspecified atom stereocenters. The van der Waals surface area contributed by atoms with E-state index in [4.69, 9.17) is 40.0 Å². The van der Waals surface area contributed by atoms with Crippen molar-refractivity contribution in [2.24, 2.45) is 5.92 Å². The van der Waals surface area contributed by atoms with Gasteiger partial charge in [-0.25, -0.2) is 0 Å². The second-order valence-electron chi connectivity index (χ2n) is 11.4. The minimum Gasteiger partial charge on any atom is -0.507 e. The van der Waals surface area contributed by atoms with Crippen molar-refractivity contribution in [3.05, 3.63) is 75.8 Å². The molecule has 0 radical (unpaired) electrons. The smallest absolute Gasteiger partial charge is 0.231 e. The summed E-state index contributed by atoms with van der Waals surface area (Å²) in [5.74, 6) is -2.94. The summed E-state index contributed by atoms with van der Waals surface area (Å²) in [6.07, 6.45) is 1.68. The fourth-order valence-electron chi connectivity index (χ4n) is 6.36. The van der Waals surface area contributed by atoms with E-state index in [1.807, 2.05) is 12.1 Å². The van der Waals surface area contributed by atoms with Crippen LogP contribution in [0.25, 0.3) is 0 Å². The van der Waals surface area contributed by atoms with Crippen LogP contribution in [0.3, 0.4) is 0 Å². The lowest BCUT2D eigenvalue weighted by Gasteiger charge is -2.38. The maximum absolute atomic E-state index is 14.4. The van der Waals surface area contributed by atoms with Crippen molar-refractivity contribution in [3.63, 3.8) is 0 Å². The molecule has 1 aliphatic carbocycles. The van der Waals surface area contributed by atoms with E-state index in [0.717, 1.165) is 5.69 Å². The first-order chi connectivity index (χ1) is 23.1. The van der Waals surface area contributed by atoms with Gasteiger partial charge in [-0.2, -0.15) is 0 Å². The summed E-state index contributed by atoms with van der Waals surface area (Å²) in [4.78, 5) is 46.2. The molecule has 2 aliphatic rings. The van der Waals surface area contributed by atoms with E-state index < -0.39 is 40.7 Å². The number of methoxy groups -OCH3 is 5. The van der Waals surface area contributed by atoms with E-state index in [9.17, 15) is 19.5 Å². The average molecular weight is 681 g/mol. The molecular formula is C35H37ClN2O10. The van der Waals surface area contributed by atoms with Gasteiger partial charge < -0.3 is 38.8 Å². The van der Waals surface area contributed by atoms with Gasteiger partial charge in [-0.15, -0.1) is 0 Å². The van der Waals surface area contributed by atoms with E-state index in [-0.39, 0.29) is 64.3 Å². The molecule has 1 amide bonds. The van der Waals surface area contributed by atoms with Gasteiger partial charge in [0.15, 0.2) is 28.8 Å². The Morgan fingerprint density at radius 2 is 1.69 bits per heavy atom. The Morgan fingerprint density at radius 3 is 2.27 bits per heavy atom. The molecular weight excluding hydrogens is 644 g/mol. The minimum absolute atomic E-state index is 0.00503. The summed E-state index contributed by atoms with van der Waals surface area (Å²) < 4.78 is 33.8. The van der Waals surface area contributed by atoms with Crippen LogP contribution in [-0.4, -0.2) is 75.3 Å². The summed E-state index contributed by atoms with van der Waals surface area (Å²) >= 11 is 6.61. The predicted octanol–water partition coefficient (Wildman–Crippen LogP) is 5.05. The first-order valence-electron chi connectivity index (χ1n) is 15.2. The van der Waals surface area contributed by atoms with Crippen molar-refractivity contribution in [1.82, 2.24) is 10.3 Å². The Labute approximate surface area is 282 Å². The molecule has 2 heterocycles. The number of Topliss-reactive ketones (excluding diaryl/α,β-unsaturated/α-hetero) is 2. The van der Waals surface area contributed by atoms with Crippen molar-refractivity contribution in [2.45, 2.75) is 37.7 Å². The molecule has 12 nitrogen and oxygen atoms in total. The van der Waals surface area contributed by atoms with Crippen molar-refractivity contribution in [3.8, 4) is 34.5 Å². The molecule has 1 aliphatic heterocycles. The predicted molar refractivity (Wildman–Crippen MR) is 175 cm³/mol. The summed E-state index contributed by atoms with van der Waals surface area (Å²) in [7, 11) is 7.11. The largest absolute Gasteiger partial charge is 0.507 e. The zero-order valence-electron chi connectivity index (χ0n) is 27.5. The SMILES string of the molecule is COc1cc(OC)c2c(c1Cl)O[C@]1(C2=O)C(O)=C(C(CC(=O)NCCc2ccccn2)c2cc(OC)c(OC)c(OC)c2)C(=O)C[C@H]1C. The number of allylic oxidation sites excluding steroid dienone is 1. The van der Waals surface area contributed by atoms with Gasteiger partial charge in [-0.1, -0.05) is 24.6 Å². The normalized spacial score (nSPS) is 19.0. The fraction of sp³-hybridized carbons (Fsp3) is 0.371. The van der Waals surface area contributed by atoms with E-state index in [1.165, 1.54) is 41.6 Å². The number of aliphatic hydroxyl groups is 1. The zero-order chi connectivity index (χ0) is 34.7. The van der Waals surface area contributed by atoms with E-state index >= 15 is 0 Å². The first kappa shape index (κ1) is 34.4. The highest BCUT2D eigenvalue weighted by atomic mass is 35.5. The summed E-state index contributed by atoms with van der Waals surface area (Å²) in [6, 6.07) is 10.2. The Bertz CT molecular complexity index is 1750. The van der Waals surface area contributed by atoms with Crippen molar-refractivity contribution in [2.75, 3.05) is 42.1 Å². The molecule has 1 aromatic heterocycles. The van der Waals surface area contributed by atoms with Gasteiger partial charge in [-0.05, 0) is 29.8 Å². The van der Waals surface area contributed by atoms with Crippen LogP contribution < -0.4 is 33.7 Å². The van der Waals surface area contributed by atoms with Gasteiger partial charge >= 0.3 is 0 Å². The van der Waals surface area contributed by atoms with Crippen molar-refractivity contribution < 1.29 is 47.9 Å². The molecule has 0 fully saturated rings. The highest BCUT2D eigenvalue weighted by molar-refractivity contribution is 6.35. The number of pyridine rings is 1. The van der Waals surface area contributed by atoms with Gasteiger partial charge in [0.25, 0.3) is 0 Å². The van der Waals surface area contributed by atoms with Crippen molar-refractivity contribution in [1.29, 1.82) is 0 Å². The monoisotopic (exact) mass is 680 g/mol. The number of aromatic nitrogens is 1. The molecule has 13 heteroatoms. The van der Waals surface area contributed by atoms with E-state index in [2.05, 4.69) is 10.3 Å². The molecule has 2 aromatic carbocycles. The molecule has 0 bridgehead atoms. The Morgan fingerprint density at radius 1 is 1.02 bits per heavy atom. The number of benzene rings is 2. The van der Waals surface area contributed by atoms with E-state index in [0.29, 0.717) is 17.7 Å². The van der Waals surface area contributed by atoms with Crippen LogP contribution in [0.5, 0.6) is 34.5 Å². The number of aliphatic hydroxyl groups excluding tert-OH is 1. The number of rotatable bonds is 12. The third-order valence-corrected chi connectivity index (χ3v) is 9.13. The number of amides is 1. The van der Waals surface area contributed by atoms with Gasteiger partial charge in [0.1, 0.15) is 22.1 Å². The Balaban J connectivity index is 1.64. The lowest BCUT2D eigenvalue weighted by atomic mass is 9.69. The number of ketones is 2. The van der Waals surface area contributed by atoms with Gasteiger partial charge in [-0.3, -0.25) is 19.4 Å². The zero-order valence-corrected chi connectivity index (χ0v) is 28.2. The van der Waals surface area contributed by atoms with Crippen LogP contribution >= 0.6 is 11.6 Å². The van der Waals surface area contributed by atoms with Crippen molar-refractivity contribution >= 4 is 29.1 Å². The average Bonchev–Trinajstić information content (AvgIpc) is 3.41. The molecule has 0 saturated carbocycles. The molecule has 3 aromatic rings. The summed E-state index contributed by atoms with van der Waals surface area (Å²) in [6.45, 7) is 1.90. The molecule has 3 atom stereocenters. The number of hydrogen-bond donors (Lipinski definition) is 2. The number of carbonyl (C=O) groups is 3. The third kappa shape index (κ3) is 5.85. The molecule has 5 rings (SSSR count). The van der Waals surface area contributed by atoms with Crippen LogP contribution in [0.15, 0.2) is 53.9 Å². The molecule has 2 N–H and O–H groups in total. The maximum atomic E-state index is 14.4. The number of carbonyl (C=O) groups excluding carboxylic acids is 3. The molecule has 48 heavy (non-hydrogen) atoms. The Hall–Kier alpha value is -4.97. The van der Waals surface area contributed by atoms with Crippen LogP contribution in [-0.2, 0) is 16.0 Å². The Kier molecular flexibility index (Phi) is 10.0. The summed E-state index contributed by atoms with van der Waals surface area (Å²) in [5, 5.41) is 15.1. The summed E-state index contributed by atoms with van der Waals surface area (Å²) in [5.41, 5.74) is -1.01. The number of nitrogens with zero attached hydrogens (tertiary/aromatic N) is 1. The topological polar surface area (TPSA) is 152 Å². The standard InChI is InChI=1S/C35H37ClN2O10/c1-18-13-22(39)28(33(41)35(18)34(42)29-23(43-2)17-24(44-3)30(36)32(29)48-35)21(16-27(40)38-12-10-20-9-7-8-11-37-20)19-14-25(45-4)31(47-6)26(15-19)46-5/h7-9,11,14-15,17-18,21,41H,10,12-13,16H2,1-6H3,(H,38,40)/t18-,21?,35+/m1/s1. The van der Waals surface area contributed by atoms with Gasteiger partial charge in [0.2, 0.25) is 23.0 Å². The highest BCUT2D eigenvalue weighted by Crippen LogP contribution is 2.56. The third-order valence-electron chi connectivity index (χ3n) is 8.77. The number of fused-ring (bicyclic) bond motifs is 1. The number of nitrogens with one attached hydrogen (secondary N) is 1. The van der Waals surface area contributed by atoms with Crippen LogP contribution in [0.1, 0.15) is 47.3 Å². The first-order valence-corrected chi connectivity index (χ1v) is 15.5. The second kappa shape index (κ2) is 14.0. The lowest BCUT2D eigenvalue weighted by molar-refractivity contribution is -0.121. The number of ether oxygens (including phenoxy) is 6. The number of hydrogen-bond acceptors (Lipinski definition) is 11. The fourth-order valence-corrected chi connectivity index (χ4v) is 6.63.